The molecule has 3 nitrogen and oxygen atoms in total. The summed E-state index contributed by atoms with van der Waals surface area (Å²) in [6.07, 6.45) is 5.68. The highest BCUT2D eigenvalue weighted by Crippen LogP contribution is 2.30. The zero-order chi connectivity index (χ0) is 16.3. The minimum atomic E-state index is -3.40. The predicted molar refractivity (Wildman–Crippen MR) is 95.0 cm³/mol. The summed E-state index contributed by atoms with van der Waals surface area (Å²) in [4.78, 5) is 0.447. The van der Waals surface area contributed by atoms with Crippen molar-refractivity contribution in [1.82, 2.24) is 4.31 Å². The monoisotopic (exact) mass is 331 g/mol. The summed E-state index contributed by atoms with van der Waals surface area (Å²) in [6, 6.07) is 13.2. The first kappa shape index (κ1) is 16.5. The fraction of sp³-hybridized carbons (Fsp3) is 0.474. The molecule has 0 spiro atoms. The van der Waals surface area contributed by atoms with Crippen LogP contribution >= 0.6 is 0 Å². The number of piperidine rings is 1. The Labute approximate surface area is 139 Å². The van der Waals surface area contributed by atoms with E-state index in [0.717, 1.165) is 23.6 Å². The highest BCUT2D eigenvalue weighted by atomic mass is 32.2. The Morgan fingerprint density at radius 2 is 1.74 bits per heavy atom. The molecule has 0 aliphatic carbocycles. The van der Waals surface area contributed by atoms with Gasteiger partial charge < -0.3 is 0 Å². The highest BCUT2D eigenvalue weighted by molar-refractivity contribution is 7.89. The van der Waals surface area contributed by atoms with Crippen LogP contribution in [-0.2, 0) is 10.0 Å². The molecule has 3 rings (SSSR count). The Hall–Kier alpha value is -1.39. The van der Waals surface area contributed by atoms with Crippen molar-refractivity contribution in [3.8, 4) is 0 Å². The van der Waals surface area contributed by atoms with E-state index >= 15 is 0 Å². The smallest absolute Gasteiger partial charge is 0.207 e. The zero-order valence-electron chi connectivity index (χ0n) is 13.7. The number of benzene rings is 2. The van der Waals surface area contributed by atoms with Gasteiger partial charge in [0.25, 0.3) is 0 Å². The Bertz CT molecular complexity index is 757. The zero-order valence-corrected chi connectivity index (χ0v) is 14.6. The number of nitrogens with zero attached hydrogens (tertiary/aromatic N) is 1. The van der Waals surface area contributed by atoms with E-state index in [1.807, 2.05) is 36.4 Å². The minimum Gasteiger partial charge on any atom is -0.207 e. The van der Waals surface area contributed by atoms with Crippen molar-refractivity contribution in [3.63, 3.8) is 0 Å². The van der Waals surface area contributed by atoms with Crippen molar-refractivity contribution in [3.05, 3.63) is 42.5 Å². The standard InChI is InChI=1S/C19H25NO2S/c1-2-3-7-16-12-14-20(15-13-16)23(21,22)19-11-6-9-17-8-4-5-10-18(17)19/h4-6,8-11,16H,2-3,7,12-15H2,1H3. The van der Waals surface area contributed by atoms with Gasteiger partial charge in [-0.05, 0) is 30.2 Å². The van der Waals surface area contributed by atoms with Crippen molar-refractivity contribution >= 4 is 20.8 Å². The lowest BCUT2D eigenvalue weighted by Crippen LogP contribution is -2.38. The molecule has 23 heavy (non-hydrogen) atoms. The van der Waals surface area contributed by atoms with Gasteiger partial charge in [-0.2, -0.15) is 4.31 Å². The molecule has 0 amide bonds. The highest BCUT2D eigenvalue weighted by Gasteiger charge is 2.30. The number of rotatable bonds is 5. The molecule has 124 valence electrons. The van der Waals surface area contributed by atoms with Gasteiger partial charge in [0.1, 0.15) is 0 Å². The van der Waals surface area contributed by atoms with Crippen molar-refractivity contribution < 1.29 is 8.42 Å². The summed E-state index contributed by atoms with van der Waals surface area (Å²) < 4.78 is 27.8. The third kappa shape index (κ3) is 3.43. The molecular formula is C19H25NO2S. The van der Waals surface area contributed by atoms with Crippen molar-refractivity contribution in [1.29, 1.82) is 0 Å². The first-order valence-electron chi connectivity index (χ1n) is 8.61. The van der Waals surface area contributed by atoms with Gasteiger partial charge in [-0.1, -0.05) is 62.6 Å². The molecule has 0 radical (unpaired) electrons. The second kappa shape index (κ2) is 7.02. The second-order valence-corrected chi connectivity index (χ2v) is 8.37. The van der Waals surface area contributed by atoms with Gasteiger partial charge in [-0.25, -0.2) is 8.42 Å². The largest absolute Gasteiger partial charge is 0.243 e. The number of hydrogen-bond acceptors (Lipinski definition) is 2. The van der Waals surface area contributed by atoms with E-state index < -0.39 is 10.0 Å². The van der Waals surface area contributed by atoms with E-state index in [1.54, 1.807) is 10.4 Å². The first-order valence-corrected chi connectivity index (χ1v) is 10.0. The Balaban J connectivity index is 1.82. The summed E-state index contributed by atoms with van der Waals surface area (Å²) in [7, 11) is -3.40. The molecule has 0 atom stereocenters. The predicted octanol–water partition coefficient (Wildman–Crippen LogP) is 4.43. The van der Waals surface area contributed by atoms with Gasteiger partial charge in [0.15, 0.2) is 0 Å². The number of fused-ring (bicyclic) bond motifs is 1. The van der Waals surface area contributed by atoms with E-state index in [-0.39, 0.29) is 0 Å². The molecule has 2 aromatic carbocycles. The molecule has 1 aliphatic rings. The van der Waals surface area contributed by atoms with Gasteiger partial charge in [-0.15, -0.1) is 0 Å². The lowest BCUT2D eigenvalue weighted by molar-refractivity contribution is 0.260. The van der Waals surface area contributed by atoms with E-state index in [0.29, 0.717) is 23.9 Å². The van der Waals surface area contributed by atoms with Crippen LogP contribution in [0.15, 0.2) is 47.4 Å². The van der Waals surface area contributed by atoms with Crippen LogP contribution < -0.4 is 0 Å². The Morgan fingerprint density at radius 1 is 1.04 bits per heavy atom. The molecule has 4 heteroatoms. The SMILES string of the molecule is CCCCC1CCN(S(=O)(=O)c2cccc3ccccc23)CC1. The second-order valence-electron chi connectivity index (χ2n) is 6.47. The molecule has 0 bridgehead atoms. The van der Waals surface area contributed by atoms with Crippen molar-refractivity contribution in [2.24, 2.45) is 5.92 Å². The van der Waals surface area contributed by atoms with Crippen LogP contribution in [0.3, 0.4) is 0 Å². The fourth-order valence-corrected chi connectivity index (χ4v) is 5.17. The van der Waals surface area contributed by atoms with Gasteiger partial charge in [0.05, 0.1) is 4.90 Å². The topological polar surface area (TPSA) is 37.4 Å². The summed E-state index contributed by atoms with van der Waals surface area (Å²) in [6.45, 7) is 3.51. The average molecular weight is 331 g/mol. The van der Waals surface area contributed by atoms with E-state index in [9.17, 15) is 8.42 Å². The third-order valence-corrected chi connectivity index (χ3v) is 6.86. The maximum Gasteiger partial charge on any atom is 0.243 e. The van der Waals surface area contributed by atoms with E-state index in [2.05, 4.69) is 6.92 Å². The van der Waals surface area contributed by atoms with Gasteiger partial charge in [0, 0.05) is 18.5 Å². The Morgan fingerprint density at radius 3 is 2.48 bits per heavy atom. The van der Waals surface area contributed by atoms with Gasteiger partial charge in [-0.3, -0.25) is 0 Å². The first-order chi connectivity index (χ1) is 11.1. The minimum absolute atomic E-state index is 0.447. The maximum atomic E-state index is 13.0. The number of unbranched alkanes of at least 4 members (excludes halogenated alkanes) is 1. The summed E-state index contributed by atoms with van der Waals surface area (Å²) in [5.74, 6) is 0.689. The van der Waals surface area contributed by atoms with Crippen molar-refractivity contribution in [2.45, 2.75) is 43.9 Å². The van der Waals surface area contributed by atoms with E-state index in [1.165, 1.54) is 19.3 Å². The fourth-order valence-electron chi connectivity index (χ4n) is 3.49. The summed E-state index contributed by atoms with van der Waals surface area (Å²) >= 11 is 0. The average Bonchev–Trinajstić information content (AvgIpc) is 2.59. The van der Waals surface area contributed by atoms with E-state index in [4.69, 9.17) is 0 Å². The molecule has 1 heterocycles. The number of sulfonamides is 1. The van der Waals surface area contributed by atoms with Crippen molar-refractivity contribution in [2.75, 3.05) is 13.1 Å². The molecule has 1 fully saturated rings. The summed E-state index contributed by atoms with van der Waals surface area (Å²) in [5, 5.41) is 1.80. The molecule has 0 saturated carbocycles. The third-order valence-electron chi connectivity index (χ3n) is 4.91. The van der Waals surface area contributed by atoms with Crippen LogP contribution in [0.5, 0.6) is 0 Å². The van der Waals surface area contributed by atoms with Crippen LogP contribution in [0.4, 0.5) is 0 Å². The lowest BCUT2D eigenvalue weighted by atomic mass is 9.93. The normalized spacial score (nSPS) is 17.6. The molecule has 0 unspecified atom stereocenters. The van der Waals surface area contributed by atoms with Crippen LogP contribution in [-0.4, -0.2) is 25.8 Å². The van der Waals surface area contributed by atoms with Crippen LogP contribution in [0, 0.1) is 5.92 Å². The molecule has 1 aliphatic heterocycles. The Kier molecular flexibility index (Phi) is 5.02. The van der Waals surface area contributed by atoms with Crippen LogP contribution in [0.2, 0.25) is 0 Å². The summed E-state index contributed by atoms with van der Waals surface area (Å²) in [5.41, 5.74) is 0. The number of hydrogen-bond donors (Lipinski definition) is 0. The molecular weight excluding hydrogens is 306 g/mol. The quantitative estimate of drug-likeness (QED) is 0.813. The maximum absolute atomic E-state index is 13.0. The lowest BCUT2D eigenvalue weighted by Gasteiger charge is -2.31. The van der Waals surface area contributed by atoms with Gasteiger partial charge in [0.2, 0.25) is 10.0 Å². The van der Waals surface area contributed by atoms with Gasteiger partial charge >= 0.3 is 0 Å². The van der Waals surface area contributed by atoms with Crippen LogP contribution in [0.25, 0.3) is 10.8 Å². The molecule has 2 aromatic rings. The van der Waals surface area contributed by atoms with Crippen LogP contribution in [0.1, 0.15) is 39.0 Å². The molecule has 0 N–H and O–H groups in total. The molecule has 1 saturated heterocycles. The molecule has 0 aromatic heterocycles.